The number of benzene rings is 2. The van der Waals surface area contributed by atoms with Crippen molar-refractivity contribution < 1.29 is 23.8 Å². The molecule has 2 amide bonds. The van der Waals surface area contributed by atoms with Crippen LogP contribution in [-0.2, 0) is 4.79 Å². The van der Waals surface area contributed by atoms with E-state index in [9.17, 15) is 9.59 Å². The second kappa shape index (κ2) is 9.52. The van der Waals surface area contributed by atoms with Gasteiger partial charge in [-0.1, -0.05) is 12.1 Å². The number of carbonyl (C=O) groups is 2. The quantitative estimate of drug-likeness (QED) is 0.730. The minimum absolute atomic E-state index is 0.0171. The summed E-state index contributed by atoms with van der Waals surface area (Å²) in [4.78, 5) is 29.0. The molecule has 1 heterocycles. The summed E-state index contributed by atoms with van der Waals surface area (Å²) in [6.45, 7) is 5.82. The lowest BCUT2D eigenvalue weighted by atomic mass is 10.1. The van der Waals surface area contributed by atoms with Crippen molar-refractivity contribution in [2.24, 2.45) is 0 Å². The van der Waals surface area contributed by atoms with Crippen molar-refractivity contribution in [3.05, 3.63) is 53.1 Å². The van der Waals surface area contributed by atoms with Crippen LogP contribution in [0.5, 0.6) is 17.2 Å². The minimum atomic E-state index is -0.164. The fraction of sp³-hybridized carbons (Fsp3) is 0.391. The highest BCUT2D eigenvalue weighted by molar-refractivity contribution is 6.00. The Morgan fingerprint density at radius 1 is 0.867 bits per heavy atom. The zero-order chi connectivity index (χ0) is 21.7. The van der Waals surface area contributed by atoms with Gasteiger partial charge in [0.05, 0.1) is 14.2 Å². The minimum Gasteiger partial charge on any atom is -0.496 e. The molecule has 0 unspecified atom stereocenters. The molecule has 0 radical (unpaired) electrons. The molecule has 7 nitrogen and oxygen atoms in total. The summed E-state index contributed by atoms with van der Waals surface area (Å²) < 4.78 is 16.3. The molecular formula is C23H28N2O5. The Labute approximate surface area is 177 Å². The van der Waals surface area contributed by atoms with Crippen LogP contribution >= 0.6 is 0 Å². The summed E-state index contributed by atoms with van der Waals surface area (Å²) in [5.74, 6) is 1.38. The van der Waals surface area contributed by atoms with Crippen LogP contribution in [0, 0.1) is 13.8 Å². The van der Waals surface area contributed by atoms with E-state index in [-0.39, 0.29) is 18.4 Å². The summed E-state index contributed by atoms with van der Waals surface area (Å²) in [5, 5.41) is 0. The maximum atomic E-state index is 13.0. The van der Waals surface area contributed by atoms with Crippen molar-refractivity contribution in [1.29, 1.82) is 0 Å². The maximum Gasteiger partial charge on any atom is 0.261 e. The molecule has 0 spiro atoms. The number of methoxy groups -OCH3 is 2. The molecule has 2 aromatic rings. The number of hydrogen-bond donors (Lipinski definition) is 0. The van der Waals surface area contributed by atoms with Gasteiger partial charge in [-0.2, -0.15) is 0 Å². The first-order valence-corrected chi connectivity index (χ1v) is 9.92. The van der Waals surface area contributed by atoms with Gasteiger partial charge in [0.15, 0.2) is 6.61 Å². The average molecular weight is 412 g/mol. The first kappa shape index (κ1) is 21.5. The summed E-state index contributed by atoms with van der Waals surface area (Å²) in [7, 11) is 3.05. The van der Waals surface area contributed by atoms with Crippen molar-refractivity contribution in [3.8, 4) is 17.2 Å². The standard InChI is InChI=1S/C23H28N2O5/c1-16-8-9-18(14-17(16)2)30-15-21(26)24-10-12-25(13-11-24)23(27)22-19(28-3)6-5-7-20(22)29-4/h5-9,14H,10-13,15H2,1-4H3. The van der Waals surface area contributed by atoms with E-state index in [4.69, 9.17) is 14.2 Å². The third-order valence-electron chi connectivity index (χ3n) is 5.40. The molecule has 3 rings (SSSR count). The lowest BCUT2D eigenvalue weighted by Crippen LogP contribution is -2.51. The second-order valence-electron chi connectivity index (χ2n) is 7.25. The Balaban J connectivity index is 1.57. The van der Waals surface area contributed by atoms with Crippen LogP contribution in [0.2, 0.25) is 0 Å². The van der Waals surface area contributed by atoms with Crippen molar-refractivity contribution in [2.75, 3.05) is 47.0 Å². The Morgan fingerprint density at radius 3 is 2.03 bits per heavy atom. The molecule has 1 saturated heterocycles. The number of aryl methyl sites for hydroxylation is 2. The molecule has 0 aliphatic carbocycles. The topological polar surface area (TPSA) is 68.3 Å². The number of carbonyl (C=O) groups excluding carboxylic acids is 2. The number of amides is 2. The maximum absolute atomic E-state index is 13.0. The van der Waals surface area contributed by atoms with E-state index in [0.717, 1.165) is 5.56 Å². The molecular weight excluding hydrogens is 384 g/mol. The molecule has 0 aromatic heterocycles. The third kappa shape index (κ3) is 4.67. The fourth-order valence-electron chi connectivity index (χ4n) is 3.42. The van der Waals surface area contributed by atoms with E-state index in [1.54, 1.807) is 28.0 Å². The predicted octanol–water partition coefficient (Wildman–Crippen LogP) is 2.68. The summed E-state index contributed by atoms with van der Waals surface area (Å²) in [6, 6.07) is 11.0. The number of nitrogens with zero attached hydrogens (tertiary/aromatic N) is 2. The van der Waals surface area contributed by atoms with Crippen molar-refractivity contribution in [3.63, 3.8) is 0 Å². The molecule has 0 bridgehead atoms. The van der Waals surface area contributed by atoms with E-state index in [2.05, 4.69) is 0 Å². The number of piperazine rings is 1. The molecule has 0 saturated carbocycles. The van der Waals surface area contributed by atoms with Gasteiger partial charge in [0, 0.05) is 26.2 Å². The molecule has 30 heavy (non-hydrogen) atoms. The van der Waals surface area contributed by atoms with Crippen LogP contribution in [0.4, 0.5) is 0 Å². The Morgan fingerprint density at radius 2 is 1.47 bits per heavy atom. The molecule has 1 aliphatic heterocycles. The van der Waals surface area contributed by atoms with Crippen molar-refractivity contribution in [2.45, 2.75) is 13.8 Å². The Hall–Kier alpha value is -3.22. The Kier molecular flexibility index (Phi) is 6.82. The first-order chi connectivity index (χ1) is 14.4. The van der Waals surface area contributed by atoms with Gasteiger partial charge in [-0.15, -0.1) is 0 Å². The van der Waals surface area contributed by atoms with Gasteiger partial charge < -0.3 is 24.0 Å². The fourth-order valence-corrected chi connectivity index (χ4v) is 3.42. The third-order valence-corrected chi connectivity index (χ3v) is 5.40. The molecule has 160 valence electrons. The van der Waals surface area contributed by atoms with Gasteiger partial charge in [-0.3, -0.25) is 9.59 Å². The summed E-state index contributed by atoms with van der Waals surface area (Å²) in [5.41, 5.74) is 2.71. The molecule has 7 heteroatoms. The van der Waals surface area contributed by atoms with E-state index in [0.29, 0.717) is 49.0 Å². The number of ether oxygens (including phenoxy) is 3. The highest BCUT2D eigenvalue weighted by Gasteiger charge is 2.28. The number of hydrogen-bond acceptors (Lipinski definition) is 5. The van der Waals surface area contributed by atoms with E-state index >= 15 is 0 Å². The van der Waals surface area contributed by atoms with Crippen LogP contribution < -0.4 is 14.2 Å². The lowest BCUT2D eigenvalue weighted by Gasteiger charge is -2.35. The second-order valence-corrected chi connectivity index (χ2v) is 7.25. The monoisotopic (exact) mass is 412 g/mol. The van der Waals surface area contributed by atoms with Gasteiger partial charge in [0.1, 0.15) is 22.8 Å². The average Bonchev–Trinajstić information content (AvgIpc) is 2.78. The SMILES string of the molecule is COc1cccc(OC)c1C(=O)N1CCN(C(=O)COc2ccc(C)c(C)c2)CC1. The Bertz CT molecular complexity index is 898. The van der Waals surface area contributed by atoms with Crippen LogP contribution in [0.15, 0.2) is 36.4 Å². The zero-order valence-electron chi connectivity index (χ0n) is 17.9. The normalized spacial score (nSPS) is 13.7. The highest BCUT2D eigenvalue weighted by atomic mass is 16.5. The van der Waals surface area contributed by atoms with Crippen LogP contribution in [-0.4, -0.2) is 68.6 Å². The van der Waals surface area contributed by atoms with Gasteiger partial charge in [-0.25, -0.2) is 0 Å². The van der Waals surface area contributed by atoms with E-state index in [1.165, 1.54) is 19.8 Å². The molecule has 1 fully saturated rings. The van der Waals surface area contributed by atoms with Gasteiger partial charge in [0.2, 0.25) is 0 Å². The first-order valence-electron chi connectivity index (χ1n) is 9.92. The van der Waals surface area contributed by atoms with Crippen LogP contribution in [0.1, 0.15) is 21.5 Å². The molecule has 0 N–H and O–H groups in total. The van der Waals surface area contributed by atoms with Crippen LogP contribution in [0.3, 0.4) is 0 Å². The molecule has 2 aromatic carbocycles. The van der Waals surface area contributed by atoms with E-state index in [1.807, 2.05) is 32.0 Å². The molecule has 1 aliphatic rings. The largest absolute Gasteiger partial charge is 0.496 e. The van der Waals surface area contributed by atoms with Gasteiger partial charge in [0.25, 0.3) is 11.8 Å². The molecule has 0 atom stereocenters. The van der Waals surface area contributed by atoms with Crippen molar-refractivity contribution >= 4 is 11.8 Å². The summed E-state index contributed by atoms with van der Waals surface area (Å²) in [6.07, 6.45) is 0. The predicted molar refractivity (Wildman–Crippen MR) is 113 cm³/mol. The lowest BCUT2D eigenvalue weighted by molar-refractivity contribution is -0.134. The summed E-state index contributed by atoms with van der Waals surface area (Å²) >= 11 is 0. The van der Waals surface area contributed by atoms with E-state index < -0.39 is 0 Å². The van der Waals surface area contributed by atoms with Gasteiger partial charge in [-0.05, 0) is 49.2 Å². The highest BCUT2D eigenvalue weighted by Crippen LogP contribution is 2.30. The smallest absolute Gasteiger partial charge is 0.261 e. The zero-order valence-corrected chi connectivity index (χ0v) is 17.9. The number of rotatable bonds is 6. The van der Waals surface area contributed by atoms with Gasteiger partial charge >= 0.3 is 0 Å². The van der Waals surface area contributed by atoms with Crippen LogP contribution in [0.25, 0.3) is 0 Å². The van der Waals surface area contributed by atoms with Crippen molar-refractivity contribution in [1.82, 2.24) is 9.80 Å².